The van der Waals surface area contributed by atoms with Crippen molar-refractivity contribution in [1.29, 1.82) is 0 Å². The number of rotatable bonds is 5. The number of benzene rings is 1. The van der Waals surface area contributed by atoms with Gasteiger partial charge in [0.05, 0.1) is 0 Å². The van der Waals surface area contributed by atoms with Gasteiger partial charge in [-0.2, -0.15) is 0 Å². The van der Waals surface area contributed by atoms with E-state index in [1.54, 1.807) is 11.1 Å². The Hall–Kier alpha value is -0.860. The van der Waals surface area contributed by atoms with Gasteiger partial charge >= 0.3 is 0 Å². The van der Waals surface area contributed by atoms with Crippen molar-refractivity contribution >= 4 is 0 Å². The van der Waals surface area contributed by atoms with Gasteiger partial charge in [0, 0.05) is 6.04 Å². The van der Waals surface area contributed by atoms with Crippen LogP contribution in [0.5, 0.6) is 0 Å². The van der Waals surface area contributed by atoms with Gasteiger partial charge in [0.25, 0.3) is 0 Å². The second kappa shape index (κ2) is 5.65. The van der Waals surface area contributed by atoms with Crippen LogP contribution in [0, 0.1) is 5.92 Å². The highest BCUT2D eigenvalue weighted by atomic mass is 15.2. The summed E-state index contributed by atoms with van der Waals surface area (Å²) in [6.45, 7) is 4.48. The maximum atomic E-state index is 5.66. The molecule has 0 radical (unpaired) electrons. The lowest BCUT2D eigenvalue weighted by atomic mass is 9.92. The quantitative estimate of drug-likeness (QED) is 0.605. The van der Waals surface area contributed by atoms with Crippen molar-refractivity contribution < 1.29 is 0 Å². The highest BCUT2D eigenvalue weighted by Gasteiger charge is 2.16. The predicted molar refractivity (Wildman–Crippen MR) is 72.7 cm³/mol. The van der Waals surface area contributed by atoms with Crippen molar-refractivity contribution in [2.75, 3.05) is 0 Å². The molecule has 2 nitrogen and oxygen atoms in total. The van der Waals surface area contributed by atoms with Gasteiger partial charge in [-0.15, -0.1) is 0 Å². The smallest absolute Gasteiger partial charge is 0.0276 e. The Morgan fingerprint density at radius 2 is 2.06 bits per heavy atom. The molecule has 17 heavy (non-hydrogen) atoms. The average molecular weight is 232 g/mol. The third-order valence-corrected chi connectivity index (χ3v) is 4.16. The molecule has 94 valence electrons. The molecule has 0 fully saturated rings. The zero-order chi connectivity index (χ0) is 12.3. The van der Waals surface area contributed by atoms with E-state index in [1.807, 2.05) is 0 Å². The van der Waals surface area contributed by atoms with Crippen molar-refractivity contribution in [1.82, 2.24) is 5.43 Å². The van der Waals surface area contributed by atoms with Crippen LogP contribution in [-0.2, 0) is 19.3 Å². The lowest BCUT2D eigenvalue weighted by molar-refractivity contribution is 0.370. The van der Waals surface area contributed by atoms with E-state index in [-0.39, 0.29) is 0 Å². The zero-order valence-electron chi connectivity index (χ0n) is 11.0. The first kappa shape index (κ1) is 12.6. The predicted octanol–water partition coefficient (Wildman–Crippen LogP) is 2.60. The van der Waals surface area contributed by atoms with Gasteiger partial charge in [0.15, 0.2) is 0 Å². The highest BCUT2D eigenvalue weighted by Crippen LogP contribution is 2.24. The van der Waals surface area contributed by atoms with Crippen LogP contribution in [0.2, 0.25) is 0 Å². The SMILES string of the molecule is CCC(C)C(Cc1ccc2c(c1)CCC2)NN. The van der Waals surface area contributed by atoms with E-state index in [1.165, 1.54) is 31.2 Å². The third-order valence-electron chi connectivity index (χ3n) is 4.16. The molecule has 3 N–H and O–H groups in total. The molecule has 2 atom stereocenters. The molecule has 1 aliphatic carbocycles. The molecule has 1 aromatic carbocycles. The maximum Gasteiger partial charge on any atom is 0.0276 e. The van der Waals surface area contributed by atoms with Crippen molar-refractivity contribution in [2.24, 2.45) is 11.8 Å². The Bertz CT molecular complexity index is 373. The van der Waals surface area contributed by atoms with Gasteiger partial charge in [0.2, 0.25) is 0 Å². The summed E-state index contributed by atoms with van der Waals surface area (Å²) in [5.41, 5.74) is 7.50. The summed E-state index contributed by atoms with van der Waals surface area (Å²) in [4.78, 5) is 0. The summed E-state index contributed by atoms with van der Waals surface area (Å²) in [7, 11) is 0. The summed E-state index contributed by atoms with van der Waals surface area (Å²) in [6, 6.07) is 7.35. The maximum absolute atomic E-state index is 5.66. The zero-order valence-corrected chi connectivity index (χ0v) is 11.0. The minimum Gasteiger partial charge on any atom is -0.271 e. The number of hydrazine groups is 1. The normalized spacial score (nSPS) is 17.8. The van der Waals surface area contributed by atoms with Gasteiger partial charge in [-0.3, -0.25) is 11.3 Å². The number of fused-ring (bicyclic) bond motifs is 1. The van der Waals surface area contributed by atoms with Crippen molar-refractivity contribution in [3.8, 4) is 0 Å². The molecule has 1 aromatic rings. The Labute approximate surface area is 105 Å². The summed E-state index contributed by atoms with van der Waals surface area (Å²) in [6.07, 6.45) is 6.05. The topological polar surface area (TPSA) is 38.0 Å². The van der Waals surface area contributed by atoms with Crippen LogP contribution in [0.3, 0.4) is 0 Å². The average Bonchev–Trinajstić information content (AvgIpc) is 2.82. The number of hydrogen-bond donors (Lipinski definition) is 2. The Balaban J connectivity index is 2.07. The van der Waals surface area contributed by atoms with E-state index in [0.717, 1.165) is 6.42 Å². The first-order chi connectivity index (χ1) is 8.24. The fraction of sp³-hybridized carbons (Fsp3) is 0.600. The summed E-state index contributed by atoms with van der Waals surface area (Å²) in [5.74, 6) is 6.28. The minimum absolute atomic E-state index is 0.388. The summed E-state index contributed by atoms with van der Waals surface area (Å²) < 4.78 is 0. The van der Waals surface area contributed by atoms with Crippen LogP contribution >= 0.6 is 0 Å². The molecule has 0 amide bonds. The fourth-order valence-electron chi connectivity index (χ4n) is 2.71. The van der Waals surface area contributed by atoms with Crippen LogP contribution in [0.25, 0.3) is 0 Å². The van der Waals surface area contributed by atoms with Gasteiger partial charge < -0.3 is 0 Å². The van der Waals surface area contributed by atoms with E-state index in [9.17, 15) is 0 Å². The first-order valence-corrected chi connectivity index (χ1v) is 6.81. The standard InChI is InChI=1S/C15H24N2/c1-3-11(2)15(17-16)10-12-7-8-13-5-4-6-14(13)9-12/h7-9,11,15,17H,3-6,10,16H2,1-2H3. The van der Waals surface area contributed by atoms with Crippen LogP contribution < -0.4 is 11.3 Å². The molecular formula is C15H24N2. The summed E-state index contributed by atoms with van der Waals surface area (Å²) in [5, 5.41) is 0. The number of aryl methyl sites for hydroxylation is 2. The van der Waals surface area contributed by atoms with Crippen molar-refractivity contribution in [2.45, 2.75) is 52.0 Å². The molecule has 0 saturated heterocycles. The molecule has 1 aliphatic rings. The molecule has 2 heteroatoms. The first-order valence-electron chi connectivity index (χ1n) is 6.81. The molecule has 0 aliphatic heterocycles. The molecule has 0 bridgehead atoms. The molecule has 0 spiro atoms. The van der Waals surface area contributed by atoms with Gasteiger partial charge in [-0.05, 0) is 48.3 Å². The van der Waals surface area contributed by atoms with Crippen LogP contribution in [-0.4, -0.2) is 6.04 Å². The molecule has 2 unspecified atom stereocenters. The van der Waals surface area contributed by atoms with Crippen LogP contribution in [0.4, 0.5) is 0 Å². The van der Waals surface area contributed by atoms with E-state index in [4.69, 9.17) is 5.84 Å². The number of nitrogens with one attached hydrogen (secondary N) is 1. The van der Waals surface area contributed by atoms with E-state index in [2.05, 4.69) is 37.5 Å². The Kier molecular flexibility index (Phi) is 4.19. The molecule has 2 rings (SSSR count). The second-order valence-corrected chi connectivity index (χ2v) is 5.32. The van der Waals surface area contributed by atoms with Gasteiger partial charge in [-0.1, -0.05) is 38.5 Å². The largest absolute Gasteiger partial charge is 0.271 e. The molecular weight excluding hydrogens is 208 g/mol. The number of hydrogen-bond acceptors (Lipinski definition) is 2. The van der Waals surface area contributed by atoms with Crippen molar-refractivity contribution in [3.63, 3.8) is 0 Å². The molecule has 0 heterocycles. The second-order valence-electron chi connectivity index (χ2n) is 5.32. The van der Waals surface area contributed by atoms with Gasteiger partial charge in [0.1, 0.15) is 0 Å². The third kappa shape index (κ3) is 2.88. The summed E-state index contributed by atoms with van der Waals surface area (Å²) >= 11 is 0. The fourth-order valence-corrected chi connectivity index (χ4v) is 2.71. The Morgan fingerprint density at radius 3 is 2.76 bits per heavy atom. The Morgan fingerprint density at radius 1 is 1.29 bits per heavy atom. The lowest BCUT2D eigenvalue weighted by Gasteiger charge is -2.22. The van der Waals surface area contributed by atoms with Crippen molar-refractivity contribution in [3.05, 3.63) is 34.9 Å². The van der Waals surface area contributed by atoms with Gasteiger partial charge in [-0.25, -0.2) is 0 Å². The van der Waals surface area contributed by atoms with Crippen LogP contribution in [0.15, 0.2) is 18.2 Å². The molecule has 0 saturated carbocycles. The van der Waals surface area contributed by atoms with E-state index in [0.29, 0.717) is 12.0 Å². The highest BCUT2D eigenvalue weighted by molar-refractivity contribution is 5.35. The minimum atomic E-state index is 0.388. The lowest BCUT2D eigenvalue weighted by Crippen LogP contribution is -2.41. The van der Waals surface area contributed by atoms with E-state index >= 15 is 0 Å². The van der Waals surface area contributed by atoms with Crippen LogP contribution in [0.1, 0.15) is 43.4 Å². The molecule has 0 aromatic heterocycles. The van der Waals surface area contributed by atoms with E-state index < -0.39 is 0 Å². The number of nitrogens with two attached hydrogens (primary N) is 1. The monoisotopic (exact) mass is 232 g/mol.